The first-order valence-electron chi connectivity index (χ1n) is 7.79. The summed E-state index contributed by atoms with van der Waals surface area (Å²) < 4.78 is 27.2. The van der Waals surface area contributed by atoms with Crippen LogP contribution in [0.25, 0.3) is 0 Å². The van der Waals surface area contributed by atoms with Crippen LogP contribution in [0, 0.1) is 0 Å². The molecule has 0 aliphatic carbocycles. The van der Waals surface area contributed by atoms with E-state index in [-0.39, 0.29) is 12.2 Å². The van der Waals surface area contributed by atoms with Crippen molar-refractivity contribution >= 4 is 5.78 Å². The number of carbonyl (C=O) groups excluding carboxylic acids is 1. The van der Waals surface area contributed by atoms with Gasteiger partial charge in [-0.3, -0.25) is 4.79 Å². The van der Waals surface area contributed by atoms with Gasteiger partial charge >= 0.3 is 0 Å². The Bertz CT molecular complexity index is 799. The number of ether oxygens (including phenoxy) is 5. The van der Waals surface area contributed by atoms with Crippen LogP contribution in [0.2, 0.25) is 0 Å². The van der Waals surface area contributed by atoms with Crippen LogP contribution in [0.4, 0.5) is 0 Å². The molecule has 0 saturated carbocycles. The molecule has 0 amide bonds. The lowest BCUT2D eigenvalue weighted by molar-refractivity contribution is 0.0843. The van der Waals surface area contributed by atoms with Crippen LogP contribution < -0.4 is 23.7 Å². The average molecular weight is 344 g/mol. The molecule has 1 aliphatic heterocycles. The summed E-state index contributed by atoms with van der Waals surface area (Å²) in [6.45, 7) is 0. The first-order chi connectivity index (χ1) is 12.1. The molecule has 2 aromatic carbocycles. The minimum atomic E-state index is -0.420. The summed E-state index contributed by atoms with van der Waals surface area (Å²) >= 11 is 0. The van der Waals surface area contributed by atoms with Gasteiger partial charge in [0.05, 0.1) is 34.9 Å². The van der Waals surface area contributed by atoms with Gasteiger partial charge in [0, 0.05) is 12.1 Å². The van der Waals surface area contributed by atoms with Gasteiger partial charge < -0.3 is 23.7 Å². The maximum atomic E-state index is 12.7. The highest BCUT2D eigenvalue weighted by Crippen LogP contribution is 2.43. The van der Waals surface area contributed by atoms with Crippen LogP contribution in [-0.2, 0) is 0 Å². The van der Waals surface area contributed by atoms with E-state index in [1.807, 2.05) is 12.1 Å². The topological polar surface area (TPSA) is 63.2 Å². The third-order valence-corrected chi connectivity index (χ3v) is 4.19. The summed E-state index contributed by atoms with van der Waals surface area (Å²) in [5.41, 5.74) is 1.28. The van der Waals surface area contributed by atoms with E-state index < -0.39 is 6.10 Å². The molecular formula is C19H20O6. The average Bonchev–Trinajstić information content (AvgIpc) is 2.65. The van der Waals surface area contributed by atoms with Crippen molar-refractivity contribution in [3.8, 4) is 28.7 Å². The van der Waals surface area contributed by atoms with Gasteiger partial charge in [0.25, 0.3) is 0 Å². The summed E-state index contributed by atoms with van der Waals surface area (Å²) in [5.74, 6) is 2.64. The highest BCUT2D eigenvalue weighted by atomic mass is 16.5. The van der Waals surface area contributed by atoms with Crippen LogP contribution >= 0.6 is 0 Å². The second-order valence-corrected chi connectivity index (χ2v) is 5.55. The molecule has 0 N–H and O–H groups in total. The van der Waals surface area contributed by atoms with Crippen molar-refractivity contribution < 1.29 is 28.5 Å². The lowest BCUT2D eigenvalue weighted by atomic mass is 9.95. The van der Waals surface area contributed by atoms with Crippen LogP contribution in [-0.4, -0.2) is 34.2 Å². The Morgan fingerprint density at radius 2 is 1.60 bits per heavy atom. The molecule has 3 rings (SSSR count). The lowest BCUT2D eigenvalue weighted by Gasteiger charge is -2.27. The molecule has 0 saturated heterocycles. The molecule has 6 heteroatoms. The molecule has 0 fully saturated rings. The Kier molecular flexibility index (Phi) is 4.70. The van der Waals surface area contributed by atoms with Crippen molar-refractivity contribution in [1.82, 2.24) is 0 Å². The SMILES string of the molecule is COc1cc(OC)c2c(c1)O[C@H](c1ccc(OC)c(OC)c1)CC2=O. The number of rotatable bonds is 5. The third-order valence-electron chi connectivity index (χ3n) is 4.19. The zero-order valence-electron chi connectivity index (χ0n) is 14.6. The zero-order chi connectivity index (χ0) is 18.0. The molecule has 0 bridgehead atoms. The van der Waals surface area contributed by atoms with E-state index in [9.17, 15) is 4.79 Å². The van der Waals surface area contributed by atoms with Crippen molar-refractivity contribution in [1.29, 1.82) is 0 Å². The quantitative estimate of drug-likeness (QED) is 0.828. The number of methoxy groups -OCH3 is 4. The van der Waals surface area contributed by atoms with E-state index in [1.54, 1.807) is 39.5 Å². The summed E-state index contributed by atoms with van der Waals surface area (Å²) in [5, 5.41) is 0. The predicted molar refractivity (Wildman–Crippen MR) is 91.4 cm³/mol. The molecule has 0 radical (unpaired) electrons. The molecule has 2 aromatic rings. The number of hydrogen-bond donors (Lipinski definition) is 0. The first kappa shape index (κ1) is 17.0. The van der Waals surface area contributed by atoms with Crippen molar-refractivity contribution in [2.75, 3.05) is 28.4 Å². The molecule has 6 nitrogen and oxygen atoms in total. The number of benzene rings is 2. The van der Waals surface area contributed by atoms with Crippen molar-refractivity contribution in [2.45, 2.75) is 12.5 Å². The van der Waals surface area contributed by atoms with Gasteiger partial charge in [-0.15, -0.1) is 0 Å². The van der Waals surface area contributed by atoms with Gasteiger partial charge in [0.2, 0.25) is 0 Å². The second-order valence-electron chi connectivity index (χ2n) is 5.55. The fourth-order valence-electron chi connectivity index (χ4n) is 2.92. The highest BCUT2D eigenvalue weighted by Gasteiger charge is 2.31. The summed E-state index contributed by atoms with van der Waals surface area (Å²) in [4.78, 5) is 12.7. The largest absolute Gasteiger partial charge is 0.496 e. The van der Waals surface area contributed by atoms with Crippen LogP contribution in [0.5, 0.6) is 28.7 Å². The predicted octanol–water partition coefficient (Wildman–Crippen LogP) is 3.43. The minimum Gasteiger partial charge on any atom is -0.496 e. The van der Waals surface area contributed by atoms with E-state index in [0.717, 1.165) is 5.56 Å². The molecule has 0 spiro atoms. The van der Waals surface area contributed by atoms with E-state index in [1.165, 1.54) is 7.11 Å². The molecule has 1 atom stereocenters. The fraction of sp³-hybridized carbons (Fsp3) is 0.316. The van der Waals surface area contributed by atoms with E-state index in [2.05, 4.69) is 0 Å². The molecular weight excluding hydrogens is 324 g/mol. The number of hydrogen-bond acceptors (Lipinski definition) is 6. The van der Waals surface area contributed by atoms with Gasteiger partial charge in [0.1, 0.15) is 28.9 Å². The van der Waals surface area contributed by atoms with E-state index in [4.69, 9.17) is 23.7 Å². The molecule has 25 heavy (non-hydrogen) atoms. The maximum Gasteiger partial charge on any atom is 0.174 e. The lowest BCUT2D eigenvalue weighted by Crippen LogP contribution is -2.21. The molecule has 1 heterocycles. The van der Waals surface area contributed by atoms with Crippen molar-refractivity contribution in [2.24, 2.45) is 0 Å². The summed E-state index contributed by atoms with van der Waals surface area (Å²) in [6, 6.07) is 8.85. The zero-order valence-corrected chi connectivity index (χ0v) is 14.6. The fourth-order valence-corrected chi connectivity index (χ4v) is 2.92. The van der Waals surface area contributed by atoms with E-state index in [0.29, 0.717) is 34.3 Å². The smallest absolute Gasteiger partial charge is 0.174 e. The third kappa shape index (κ3) is 3.07. The van der Waals surface area contributed by atoms with E-state index >= 15 is 0 Å². The van der Waals surface area contributed by atoms with Gasteiger partial charge in [-0.05, 0) is 17.7 Å². The second kappa shape index (κ2) is 6.93. The molecule has 0 aromatic heterocycles. The Hall–Kier alpha value is -2.89. The standard InChI is InChI=1S/C19H20O6/c1-21-12-8-17(24-4)19-13(20)10-15(25-18(19)9-12)11-5-6-14(22-2)16(7-11)23-3/h5-9,15H,10H2,1-4H3/t15-/m0/s1. The first-order valence-corrected chi connectivity index (χ1v) is 7.79. The van der Waals surface area contributed by atoms with Crippen molar-refractivity contribution in [3.63, 3.8) is 0 Å². The molecule has 132 valence electrons. The Balaban J connectivity index is 2.00. The maximum absolute atomic E-state index is 12.7. The summed E-state index contributed by atoms with van der Waals surface area (Å²) in [7, 11) is 6.22. The van der Waals surface area contributed by atoms with Gasteiger partial charge in [-0.1, -0.05) is 6.07 Å². The number of Topliss-reactive ketones (excluding diaryl/α,β-unsaturated/α-hetero) is 1. The van der Waals surface area contributed by atoms with Gasteiger partial charge in [0.15, 0.2) is 17.3 Å². The Labute approximate surface area is 146 Å². The van der Waals surface area contributed by atoms with Crippen LogP contribution in [0.15, 0.2) is 30.3 Å². The minimum absolute atomic E-state index is 0.0412. The Morgan fingerprint density at radius 3 is 2.24 bits per heavy atom. The number of carbonyl (C=O) groups is 1. The van der Waals surface area contributed by atoms with Crippen LogP contribution in [0.1, 0.15) is 28.4 Å². The Morgan fingerprint density at radius 1 is 0.880 bits per heavy atom. The monoisotopic (exact) mass is 344 g/mol. The van der Waals surface area contributed by atoms with Gasteiger partial charge in [-0.25, -0.2) is 0 Å². The number of fused-ring (bicyclic) bond motifs is 1. The number of ketones is 1. The highest BCUT2D eigenvalue weighted by molar-refractivity contribution is 6.02. The van der Waals surface area contributed by atoms with Gasteiger partial charge in [-0.2, -0.15) is 0 Å². The molecule has 1 aliphatic rings. The molecule has 0 unspecified atom stereocenters. The van der Waals surface area contributed by atoms with Crippen molar-refractivity contribution in [3.05, 3.63) is 41.5 Å². The summed E-state index contributed by atoms with van der Waals surface area (Å²) in [6.07, 6.45) is -0.206. The normalized spacial score (nSPS) is 15.8. The van der Waals surface area contributed by atoms with Crippen LogP contribution in [0.3, 0.4) is 0 Å².